The number of ketones is 1. The second-order valence-corrected chi connectivity index (χ2v) is 6.27. The Morgan fingerprint density at radius 3 is 2.62 bits per heavy atom. The molecule has 4 atom stereocenters. The SMILES string of the molecule is CC(=O)[C@@]1(C)[C@@H](c2ccccc2)[C@H]([N+](=O)[O-])[C@@H]2CCCN21. The predicted octanol–water partition coefficient (Wildman–Crippen LogP) is 2.24. The lowest BCUT2D eigenvalue weighted by Gasteiger charge is -2.35. The Balaban J connectivity index is 2.16. The Kier molecular flexibility index (Phi) is 3.32. The van der Waals surface area contributed by atoms with E-state index < -0.39 is 11.6 Å². The van der Waals surface area contributed by atoms with Crippen molar-refractivity contribution in [1.82, 2.24) is 4.90 Å². The molecule has 0 unspecified atom stereocenters. The number of hydrogen-bond donors (Lipinski definition) is 0. The van der Waals surface area contributed by atoms with E-state index in [1.54, 1.807) is 6.92 Å². The van der Waals surface area contributed by atoms with Crippen molar-refractivity contribution >= 4 is 5.78 Å². The van der Waals surface area contributed by atoms with Gasteiger partial charge in [0.1, 0.15) is 0 Å². The third kappa shape index (κ3) is 1.91. The molecular weight excluding hydrogens is 268 g/mol. The highest BCUT2D eigenvalue weighted by atomic mass is 16.6. The molecule has 3 rings (SSSR count). The van der Waals surface area contributed by atoms with Gasteiger partial charge < -0.3 is 0 Å². The Morgan fingerprint density at radius 1 is 1.38 bits per heavy atom. The van der Waals surface area contributed by atoms with E-state index in [0.29, 0.717) is 0 Å². The summed E-state index contributed by atoms with van der Waals surface area (Å²) < 4.78 is 0. The van der Waals surface area contributed by atoms with Gasteiger partial charge in [0.25, 0.3) is 0 Å². The molecule has 2 fully saturated rings. The summed E-state index contributed by atoms with van der Waals surface area (Å²) in [5.74, 6) is -0.357. The van der Waals surface area contributed by atoms with Gasteiger partial charge in [0.2, 0.25) is 6.04 Å². The van der Waals surface area contributed by atoms with Crippen molar-refractivity contribution in [3.8, 4) is 0 Å². The summed E-state index contributed by atoms with van der Waals surface area (Å²) in [4.78, 5) is 26.0. The van der Waals surface area contributed by atoms with Gasteiger partial charge in [-0.2, -0.15) is 0 Å². The predicted molar refractivity (Wildman–Crippen MR) is 78.8 cm³/mol. The number of nitrogens with zero attached hydrogens (tertiary/aromatic N) is 2. The van der Waals surface area contributed by atoms with Crippen LogP contribution in [-0.2, 0) is 4.79 Å². The van der Waals surface area contributed by atoms with Crippen molar-refractivity contribution in [2.24, 2.45) is 0 Å². The van der Waals surface area contributed by atoms with Crippen molar-refractivity contribution < 1.29 is 9.72 Å². The van der Waals surface area contributed by atoms with E-state index in [0.717, 1.165) is 24.9 Å². The van der Waals surface area contributed by atoms with Gasteiger partial charge in [0, 0.05) is 4.92 Å². The van der Waals surface area contributed by atoms with Gasteiger partial charge in [0.05, 0.1) is 17.5 Å². The molecule has 0 spiro atoms. The maximum absolute atomic E-state index is 12.4. The van der Waals surface area contributed by atoms with Crippen LogP contribution >= 0.6 is 0 Å². The van der Waals surface area contributed by atoms with Crippen LogP contribution in [0.5, 0.6) is 0 Å². The molecule has 0 bridgehead atoms. The number of hydrogen-bond acceptors (Lipinski definition) is 4. The smallest absolute Gasteiger partial charge is 0.237 e. The molecule has 1 aromatic carbocycles. The number of fused-ring (bicyclic) bond motifs is 1. The molecule has 0 saturated carbocycles. The molecule has 0 radical (unpaired) electrons. The van der Waals surface area contributed by atoms with Crippen molar-refractivity contribution in [3.05, 3.63) is 46.0 Å². The van der Waals surface area contributed by atoms with Crippen molar-refractivity contribution in [2.75, 3.05) is 6.54 Å². The summed E-state index contributed by atoms with van der Waals surface area (Å²) in [6.45, 7) is 4.22. The monoisotopic (exact) mass is 288 g/mol. The zero-order valence-corrected chi connectivity index (χ0v) is 12.4. The summed E-state index contributed by atoms with van der Waals surface area (Å²) in [5.41, 5.74) is 0.117. The van der Waals surface area contributed by atoms with Gasteiger partial charge in [-0.3, -0.25) is 19.8 Å². The Bertz CT molecular complexity index is 574. The number of benzene rings is 1. The molecule has 1 aromatic rings. The minimum Gasteiger partial charge on any atom is -0.298 e. The van der Waals surface area contributed by atoms with Crippen molar-refractivity contribution in [2.45, 2.75) is 50.2 Å². The summed E-state index contributed by atoms with van der Waals surface area (Å²) in [6, 6.07) is 8.65. The first-order valence-electron chi connectivity index (χ1n) is 7.44. The summed E-state index contributed by atoms with van der Waals surface area (Å²) in [6.07, 6.45) is 1.73. The minimum atomic E-state index is -0.778. The third-order valence-corrected chi connectivity index (χ3v) is 5.35. The average molecular weight is 288 g/mol. The lowest BCUT2D eigenvalue weighted by Crippen LogP contribution is -2.50. The number of Topliss-reactive ketones (excluding diaryl/α,β-unsaturated/α-hetero) is 1. The van der Waals surface area contributed by atoms with E-state index in [4.69, 9.17) is 0 Å². The first-order chi connectivity index (χ1) is 9.98. The van der Waals surface area contributed by atoms with Crippen LogP contribution in [0.2, 0.25) is 0 Å². The van der Waals surface area contributed by atoms with Gasteiger partial charge in [-0.25, -0.2) is 0 Å². The van der Waals surface area contributed by atoms with E-state index in [1.807, 2.05) is 37.3 Å². The van der Waals surface area contributed by atoms with Crippen molar-refractivity contribution in [1.29, 1.82) is 0 Å². The van der Waals surface area contributed by atoms with E-state index in [2.05, 4.69) is 4.90 Å². The Hall–Kier alpha value is -1.75. The molecule has 5 heteroatoms. The van der Waals surface area contributed by atoms with E-state index in [9.17, 15) is 14.9 Å². The molecule has 0 amide bonds. The van der Waals surface area contributed by atoms with Crippen LogP contribution in [0, 0.1) is 10.1 Å². The molecule has 5 nitrogen and oxygen atoms in total. The lowest BCUT2D eigenvalue weighted by molar-refractivity contribution is -0.527. The highest BCUT2D eigenvalue weighted by Crippen LogP contribution is 2.50. The highest BCUT2D eigenvalue weighted by molar-refractivity contribution is 5.88. The molecule has 2 saturated heterocycles. The fraction of sp³-hybridized carbons (Fsp3) is 0.562. The molecule has 0 aliphatic carbocycles. The van der Waals surface area contributed by atoms with Gasteiger partial charge in [-0.05, 0) is 38.8 Å². The summed E-state index contributed by atoms with van der Waals surface area (Å²) >= 11 is 0. The highest BCUT2D eigenvalue weighted by Gasteiger charge is 2.65. The molecular formula is C16H20N2O3. The molecule has 21 heavy (non-hydrogen) atoms. The van der Waals surface area contributed by atoms with Gasteiger partial charge in [-0.1, -0.05) is 30.3 Å². The number of carbonyl (C=O) groups excluding carboxylic acids is 1. The van der Waals surface area contributed by atoms with Crippen LogP contribution in [0.25, 0.3) is 0 Å². The standard InChI is InChI=1S/C16H20N2O3/c1-11(19)16(2)14(12-7-4-3-5-8-12)15(18(20)21)13-9-6-10-17(13)16/h3-5,7-8,13-15H,6,9-10H2,1-2H3/t13-,14-,15+,16-/m0/s1. The zero-order valence-electron chi connectivity index (χ0n) is 12.4. The Morgan fingerprint density at radius 2 is 2.05 bits per heavy atom. The van der Waals surface area contributed by atoms with Crippen LogP contribution in [0.3, 0.4) is 0 Å². The van der Waals surface area contributed by atoms with Crippen LogP contribution in [0.15, 0.2) is 30.3 Å². The second kappa shape index (κ2) is 4.91. The van der Waals surface area contributed by atoms with Crippen molar-refractivity contribution in [3.63, 3.8) is 0 Å². The quantitative estimate of drug-likeness (QED) is 0.632. The van der Waals surface area contributed by atoms with Gasteiger partial charge in [0.15, 0.2) is 5.78 Å². The molecule has 2 aliphatic heterocycles. The maximum Gasteiger partial charge on any atom is 0.237 e. The van der Waals surface area contributed by atoms with Gasteiger partial charge in [-0.15, -0.1) is 0 Å². The minimum absolute atomic E-state index is 0.0209. The van der Waals surface area contributed by atoms with E-state index in [1.165, 1.54) is 0 Å². The second-order valence-electron chi connectivity index (χ2n) is 6.27. The van der Waals surface area contributed by atoms with E-state index in [-0.39, 0.29) is 22.7 Å². The molecule has 0 N–H and O–H groups in total. The van der Waals surface area contributed by atoms with E-state index >= 15 is 0 Å². The zero-order chi connectivity index (χ0) is 15.2. The maximum atomic E-state index is 12.4. The van der Waals surface area contributed by atoms with Crippen LogP contribution in [0.1, 0.15) is 38.2 Å². The summed E-state index contributed by atoms with van der Waals surface area (Å²) in [7, 11) is 0. The number of carbonyl (C=O) groups is 1. The molecule has 2 aliphatic rings. The molecule has 0 aromatic heterocycles. The summed E-state index contributed by atoms with van der Waals surface area (Å²) in [5, 5.41) is 11.7. The molecule has 112 valence electrons. The number of rotatable bonds is 3. The fourth-order valence-electron chi connectivity index (χ4n) is 4.32. The normalized spacial score (nSPS) is 35.6. The van der Waals surface area contributed by atoms with Gasteiger partial charge >= 0.3 is 0 Å². The lowest BCUT2D eigenvalue weighted by atomic mass is 9.76. The average Bonchev–Trinajstić information content (AvgIpc) is 3.01. The first-order valence-corrected chi connectivity index (χ1v) is 7.44. The fourth-order valence-corrected chi connectivity index (χ4v) is 4.32. The third-order valence-electron chi connectivity index (χ3n) is 5.35. The van der Waals surface area contributed by atoms with Crippen LogP contribution in [-0.4, -0.2) is 39.8 Å². The number of nitro groups is 1. The largest absolute Gasteiger partial charge is 0.298 e. The van der Waals surface area contributed by atoms with Crippen LogP contribution in [0.4, 0.5) is 0 Å². The van der Waals surface area contributed by atoms with Crippen LogP contribution < -0.4 is 0 Å². The topological polar surface area (TPSA) is 63.4 Å². The first kappa shape index (κ1) is 14.2. The Labute approximate surface area is 124 Å². The molecule has 2 heterocycles.